The summed E-state index contributed by atoms with van der Waals surface area (Å²) in [4.78, 5) is 16.1. The number of carbonyl (C=O) groups excluding carboxylic acids is 1. The van der Waals surface area contributed by atoms with Crippen molar-refractivity contribution in [1.82, 2.24) is 15.5 Å². The van der Waals surface area contributed by atoms with Gasteiger partial charge in [0.15, 0.2) is 0 Å². The molecule has 1 amide bonds. The highest BCUT2D eigenvalue weighted by atomic mass is 35.5. The van der Waals surface area contributed by atoms with Crippen LogP contribution in [0.4, 0.5) is 5.82 Å². The Hall–Kier alpha value is -2.12. The van der Waals surface area contributed by atoms with Gasteiger partial charge in [0.2, 0.25) is 0 Å². The molecule has 2 aromatic rings. The Kier molecular flexibility index (Phi) is 4.21. The average Bonchev–Trinajstić information content (AvgIpc) is 2.76. The summed E-state index contributed by atoms with van der Waals surface area (Å²) in [7, 11) is 0. The van der Waals surface area contributed by atoms with Gasteiger partial charge in [0.25, 0.3) is 5.91 Å². The Morgan fingerprint density at radius 1 is 1.45 bits per heavy atom. The fourth-order valence-corrected chi connectivity index (χ4v) is 1.88. The van der Waals surface area contributed by atoms with Crippen LogP contribution < -0.4 is 16.6 Å². The first-order chi connectivity index (χ1) is 9.52. The minimum atomic E-state index is -0.396. The van der Waals surface area contributed by atoms with Crippen LogP contribution >= 0.6 is 11.6 Å². The highest BCUT2D eigenvalue weighted by molar-refractivity contribution is 6.33. The number of anilines is 1. The minimum Gasteiger partial charge on any atom is -0.361 e. The van der Waals surface area contributed by atoms with Crippen molar-refractivity contribution < 1.29 is 9.32 Å². The van der Waals surface area contributed by atoms with Crippen LogP contribution in [0.5, 0.6) is 0 Å². The zero-order valence-electron chi connectivity index (χ0n) is 11.0. The van der Waals surface area contributed by atoms with Gasteiger partial charge in [-0.1, -0.05) is 16.8 Å². The second kappa shape index (κ2) is 5.89. The molecule has 0 unspecified atom stereocenters. The van der Waals surface area contributed by atoms with Crippen molar-refractivity contribution in [3.63, 3.8) is 0 Å². The number of nitrogen functional groups attached to an aromatic ring is 1. The summed E-state index contributed by atoms with van der Waals surface area (Å²) in [5.74, 6) is 5.88. The van der Waals surface area contributed by atoms with Crippen molar-refractivity contribution in [2.75, 3.05) is 5.43 Å². The Labute approximate surface area is 120 Å². The number of hydrogen-bond acceptors (Lipinski definition) is 6. The van der Waals surface area contributed by atoms with Crippen LogP contribution in [-0.4, -0.2) is 16.0 Å². The van der Waals surface area contributed by atoms with Gasteiger partial charge in [-0.25, -0.2) is 10.8 Å². The lowest BCUT2D eigenvalue weighted by Crippen LogP contribution is -2.25. The number of aryl methyl sites for hydroxylation is 2. The van der Waals surface area contributed by atoms with Gasteiger partial charge in [-0.3, -0.25) is 4.79 Å². The summed E-state index contributed by atoms with van der Waals surface area (Å²) in [6, 6.07) is 3.13. The van der Waals surface area contributed by atoms with Crippen LogP contribution in [0, 0.1) is 13.8 Å². The van der Waals surface area contributed by atoms with Crippen molar-refractivity contribution in [3.05, 3.63) is 39.9 Å². The van der Waals surface area contributed by atoms with E-state index in [1.54, 1.807) is 19.1 Å². The van der Waals surface area contributed by atoms with Crippen LogP contribution in [0.1, 0.15) is 27.5 Å². The fraction of sp³-hybridized carbons (Fsp3) is 0.250. The van der Waals surface area contributed by atoms with Gasteiger partial charge >= 0.3 is 0 Å². The number of nitrogens with zero attached hydrogens (tertiary/aromatic N) is 2. The van der Waals surface area contributed by atoms with Crippen LogP contribution in [0.25, 0.3) is 0 Å². The lowest BCUT2D eigenvalue weighted by atomic mass is 10.2. The number of halogens is 1. The predicted molar refractivity (Wildman–Crippen MR) is 74.2 cm³/mol. The number of carbonyl (C=O) groups is 1. The van der Waals surface area contributed by atoms with Crippen molar-refractivity contribution in [3.8, 4) is 0 Å². The third-order valence-corrected chi connectivity index (χ3v) is 3.12. The summed E-state index contributed by atoms with van der Waals surface area (Å²) in [6.07, 6.45) is 0. The molecular weight excluding hydrogens is 282 g/mol. The fourth-order valence-electron chi connectivity index (χ4n) is 1.69. The van der Waals surface area contributed by atoms with E-state index in [2.05, 4.69) is 20.9 Å². The molecule has 0 saturated heterocycles. The molecular formula is C12H14ClN5O2. The van der Waals surface area contributed by atoms with E-state index in [1.165, 1.54) is 0 Å². The Balaban J connectivity index is 2.13. The van der Waals surface area contributed by atoms with Crippen molar-refractivity contribution >= 4 is 23.3 Å². The van der Waals surface area contributed by atoms with Gasteiger partial charge in [0, 0.05) is 12.1 Å². The first-order valence-corrected chi connectivity index (χ1v) is 6.24. The maximum atomic E-state index is 12.1. The summed E-state index contributed by atoms with van der Waals surface area (Å²) >= 11 is 5.95. The molecule has 2 heterocycles. The molecule has 0 aliphatic heterocycles. The third-order valence-electron chi connectivity index (χ3n) is 2.82. The largest absolute Gasteiger partial charge is 0.361 e. The molecule has 0 aromatic carbocycles. The molecule has 0 saturated carbocycles. The number of pyridine rings is 1. The van der Waals surface area contributed by atoms with E-state index >= 15 is 0 Å². The van der Waals surface area contributed by atoms with Gasteiger partial charge in [-0.2, -0.15) is 0 Å². The minimum absolute atomic E-state index is 0.105. The molecule has 0 spiro atoms. The van der Waals surface area contributed by atoms with E-state index < -0.39 is 5.91 Å². The summed E-state index contributed by atoms with van der Waals surface area (Å²) in [5, 5.41) is 6.79. The van der Waals surface area contributed by atoms with Crippen LogP contribution in [0.3, 0.4) is 0 Å². The van der Waals surface area contributed by atoms with Crippen molar-refractivity contribution in [2.45, 2.75) is 20.4 Å². The number of nitrogens with two attached hydrogens (primary N) is 1. The van der Waals surface area contributed by atoms with Gasteiger partial charge in [-0.05, 0) is 26.0 Å². The van der Waals surface area contributed by atoms with E-state index in [0.717, 1.165) is 11.3 Å². The molecule has 0 aliphatic carbocycles. The van der Waals surface area contributed by atoms with Crippen molar-refractivity contribution in [1.29, 1.82) is 0 Å². The summed E-state index contributed by atoms with van der Waals surface area (Å²) < 4.78 is 5.02. The molecule has 8 heteroatoms. The molecule has 2 aromatic heterocycles. The number of amides is 1. The number of hydrazine groups is 1. The van der Waals surface area contributed by atoms with E-state index in [1.807, 2.05) is 6.92 Å². The van der Waals surface area contributed by atoms with Crippen LogP contribution in [0.15, 0.2) is 16.7 Å². The zero-order chi connectivity index (χ0) is 14.7. The molecule has 4 N–H and O–H groups in total. The predicted octanol–water partition coefficient (Wildman–Crippen LogP) is 1.56. The lowest BCUT2D eigenvalue weighted by molar-refractivity contribution is 0.0946. The lowest BCUT2D eigenvalue weighted by Gasteiger charge is -2.07. The maximum absolute atomic E-state index is 12.1. The molecule has 7 nitrogen and oxygen atoms in total. The molecule has 106 valence electrons. The standard InChI is InChI=1S/C12H14ClN5O2/c1-6-8(7(2)20-18-6)5-15-12(19)11-9(13)3-4-10(16-11)17-14/h3-4H,5,14H2,1-2H3,(H,15,19)(H,16,17). The molecule has 0 atom stereocenters. The van der Waals surface area contributed by atoms with Crippen LogP contribution in [-0.2, 0) is 6.54 Å². The molecule has 2 rings (SSSR count). The number of hydrogen-bond donors (Lipinski definition) is 3. The molecule has 0 radical (unpaired) electrons. The first kappa shape index (κ1) is 14.3. The highest BCUT2D eigenvalue weighted by Crippen LogP contribution is 2.17. The topological polar surface area (TPSA) is 106 Å². The summed E-state index contributed by atoms with van der Waals surface area (Å²) in [6.45, 7) is 3.88. The number of rotatable bonds is 4. The van der Waals surface area contributed by atoms with Gasteiger partial charge in [-0.15, -0.1) is 0 Å². The zero-order valence-corrected chi connectivity index (χ0v) is 11.8. The quantitative estimate of drug-likeness (QED) is 0.584. The molecule has 20 heavy (non-hydrogen) atoms. The normalized spacial score (nSPS) is 10.4. The monoisotopic (exact) mass is 295 g/mol. The van der Waals surface area contributed by atoms with Crippen molar-refractivity contribution in [2.24, 2.45) is 5.84 Å². The Morgan fingerprint density at radius 3 is 2.80 bits per heavy atom. The van der Waals surface area contributed by atoms with E-state index in [-0.39, 0.29) is 17.3 Å². The third kappa shape index (κ3) is 2.89. The average molecular weight is 296 g/mol. The van der Waals surface area contributed by atoms with Gasteiger partial charge in [0.1, 0.15) is 17.3 Å². The number of aromatic nitrogens is 2. The van der Waals surface area contributed by atoms with E-state index in [4.69, 9.17) is 22.0 Å². The molecule has 0 fully saturated rings. The second-order valence-corrected chi connectivity index (χ2v) is 4.56. The summed E-state index contributed by atoms with van der Waals surface area (Å²) in [5.41, 5.74) is 4.04. The second-order valence-electron chi connectivity index (χ2n) is 4.16. The van der Waals surface area contributed by atoms with Gasteiger partial charge < -0.3 is 15.3 Å². The SMILES string of the molecule is Cc1noc(C)c1CNC(=O)c1nc(NN)ccc1Cl. The Bertz CT molecular complexity index is 621. The van der Waals surface area contributed by atoms with E-state index in [0.29, 0.717) is 11.6 Å². The van der Waals surface area contributed by atoms with Gasteiger partial charge in [0.05, 0.1) is 10.7 Å². The Morgan fingerprint density at radius 2 is 2.20 bits per heavy atom. The highest BCUT2D eigenvalue weighted by Gasteiger charge is 2.15. The number of nitrogens with one attached hydrogen (secondary N) is 2. The molecule has 0 aliphatic rings. The smallest absolute Gasteiger partial charge is 0.271 e. The maximum Gasteiger partial charge on any atom is 0.271 e. The first-order valence-electron chi connectivity index (χ1n) is 5.86. The molecule has 0 bridgehead atoms. The van der Waals surface area contributed by atoms with E-state index in [9.17, 15) is 4.79 Å². The van der Waals surface area contributed by atoms with Crippen LogP contribution in [0.2, 0.25) is 5.02 Å².